The first-order chi connectivity index (χ1) is 10.2. The van der Waals surface area contributed by atoms with Crippen LogP contribution in [0.1, 0.15) is 19.4 Å². The first-order valence-electron chi connectivity index (χ1n) is 6.96. The molecule has 21 heavy (non-hydrogen) atoms. The number of fused-ring (bicyclic) bond motifs is 1. The maximum atomic E-state index is 5.69. The molecule has 0 fully saturated rings. The van der Waals surface area contributed by atoms with Crippen molar-refractivity contribution in [2.45, 2.75) is 26.5 Å². The quantitative estimate of drug-likeness (QED) is 0.914. The molecule has 0 atom stereocenters. The lowest BCUT2D eigenvalue weighted by atomic mass is 10.2. The van der Waals surface area contributed by atoms with Crippen LogP contribution in [0, 0.1) is 0 Å². The molecule has 0 amide bonds. The van der Waals surface area contributed by atoms with Gasteiger partial charge in [-0.25, -0.2) is 4.98 Å². The Labute approximate surface area is 123 Å². The number of nitrogens with zero attached hydrogens (tertiary/aromatic N) is 1. The molecule has 0 radical (unpaired) electrons. The van der Waals surface area contributed by atoms with E-state index in [9.17, 15) is 0 Å². The lowest BCUT2D eigenvalue weighted by molar-refractivity contribution is 0.174. The van der Waals surface area contributed by atoms with Gasteiger partial charge in [0.2, 0.25) is 12.7 Å². The minimum absolute atomic E-state index is 0.0889. The molecule has 2 heterocycles. The molecule has 0 saturated heterocycles. The monoisotopic (exact) mass is 286 g/mol. The normalized spacial score (nSPS) is 12.5. The molecular weight excluding hydrogens is 268 g/mol. The Morgan fingerprint density at radius 1 is 1.24 bits per heavy atom. The van der Waals surface area contributed by atoms with Crippen LogP contribution in [0.3, 0.4) is 0 Å². The van der Waals surface area contributed by atoms with E-state index >= 15 is 0 Å². The Morgan fingerprint density at radius 2 is 2.10 bits per heavy atom. The van der Waals surface area contributed by atoms with Gasteiger partial charge in [0.15, 0.2) is 11.5 Å². The van der Waals surface area contributed by atoms with Crippen molar-refractivity contribution in [3.63, 3.8) is 0 Å². The minimum atomic E-state index is 0.0889. The molecule has 0 unspecified atom stereocenters. The highest BCUT2D eigenvalue weighted by atomic mass is 16.7. The fraction of sp³-hybridized carbons (Fsp3) is 0.312. The van der Waals surface area contributed by atoms with E-state index in [0.717, 1.165) is 22.7 Å². The fourth-order valence-electron chi connectivity index (χ4n) is 2.09. The molecule has 1 aromatic carbocycles. The van der Waals surface area contributed by atoms with Crippen LogP contribution in [0.25, 0.3) is 0 Å². The summed E-state index contributed by atoms with van der Waals surface area (Å²) in [6.45, 7) is 4.92. The summed E-state index contributed by atoms with van der Waals surface area (Å²) in [4.78, 5) is 4.26. The molecule has 3 rings (SSSR count). The van der Waals surface area contributed by atoms with Crippen LogP contribution < -0.4 is 19.5 Å². The predicted octanol–water partition coefficient (Wildman–Crippen LogP) is 3.21. The lowest BCUT2D eigenvalue weighted by Gasteiger charge is -2.14. The second-order valence-electron chi connectivity index (χ2n) is 5.06. The van der Waals surface area contributed by atoms with E-state index in [4.69, 9.17) is 14.2 Å². The maximum Gasteiger partial charge on any atom is 0.237 e. The van der Waals surface area contributed by atoms with Gasteiger partial charge < -0.3 is 19.5 Å². The van der Waals surface area contributed by atoms with Crippen molar-refractivity contribution < 1.29 is 14.2 Å². The fourth-order valence-corrected chi connectivity index (χ4v) is 2.09. The van der Waals surface area contributed by atoms with Crippen molar-refractivity contribution in [3.05, 3.63) is 42.1 Å². The molecule has 5 nitrogen and oxygen atoms in total. The van der Waals surface area contributed by atoms with Crippen LogP contribution in [0.5, 0.6) is 17.4 Å². The number of hydrogen-bond donors (Lipinski definition) is 1. The van der Waals surface area contributed by atoms with Gasteiger partial charge >= 0.3 is 0 Å². The number of nitrogens with one attached hydrogen (secondary N) is 1. The van der Waals surface area contributed by atoms with Crippen LogP contribution in [-0.2, 0) is 6.54 Å². The number of ether oxygens (including phenoxy) is 3. The van der Waals surface area contributed by atoms with Crippen molar-refractivity contribution in [2.75, 3.05) is 12.1 Å². The van der Waals surface area contributed by atoms with E-state index in [1.54, 1.807) is 6.20 Å². The predicted molar refractivity (Wildman–Crippen MR) is 79.9 cm³/mol. The standard InChI is InChI=1S/C16H18N2O3/c1-11(2)21-16-13(4-3-7-17-16)18-9-12-5-6-14-15(8-12)20-10-19-14/h3-8,11,18H,9-10H2,1-2H3. The van der Waals surface area contributed by atoms with E-state index < -0.39 is 0 Å². The molecule has 0 saturated carbocycles. The summed E-state index contributed by atoms with van der Waals surface area (Å²) in [5.74, 6) is 2.20. The summed E-state index contributed by atoms with van der Waals surface area (Å²) >= 11 is 0. The molecule has 5 heteroatoms. The van der Waals surface area contributed by atoms with Gasteiger partial charge in [-0.2, -0.15) is 0 Å². The number of pyridine rings is 1. The van der Waals surface area contributed by atoms with E-state index in [1.807, 2.05) is 44.2 Å². The molecule has 0 bridgehead atoms. The Hall–Kier alpha value is -2.43. The number of hydrogen-bond acceptors (Lipinski definition) is 5. The summed E-state index contributed by atoms with van der Waals surface area (Å²) in [5.41, 5.74) is 1.99. The first-order valence-corrected chi connectivity index (χ1v) is 6.96. The largest absolute Gasteiger partial charge is 0.473 e. The minimum Gasteiger partial charge on any atom is -0.473 e. The van der Waals surface area contributed by atoms with Gasteiger partial charge in [-0.1, -0.05) is 6.07 Å². The average Bonchev–Trinajstić information content (AvgIpc) is 2.93. The zero-order valence-corrected chi connectivity index (χ0v) is 12.1. The molecule has 1 aliphatic rings. The zero-order chi connectivity index (χ0) is 14.7. The SMILES string of the molecule is CC(C)Oc1ncccc1NCc1ccc2c(c1)OCO2. The highest BCUT2D eigenvalue weighted by molar-refractivity contribution is 5.53. The topological polar surface area (TPSA) is 52.6 Å². The van der Waals surface area contributed by atoms with Crippen molar-refractivity contribution in [2.24, 2.45) is 0 Å². The van der Waals surface area contributed by atoms with Gasteiger partial charge in [0.25, 0.3) is 0 Å². The Balaban J connectivity index is 1.70. The summed E-state index contributed by atoms with van der Waals surface area (Å²) in [7, 11) is 0. The number of benzene rings is 1. The van der Waals surface area contributed by atoms with Gasteiger partial charge in [-0.3, -0.25) is 0 Å². The van der Waals surface area contributed by atoms with Gasteiger partial charge in [-0.15, -0.1) is 0 Å². The van der Waals surface area contributed by atoms with Crippen LogP contribution in [0.2, 0.25) is 0 Å². The third kappa shape index (κ3) is 3.18. The molecule has 110 valence electrons. The van der Waals surface area contributed by atoms with Gasteiger partial charge in [-0.05, 0) is 43.7 Å². The first kappa shape index (κ1) is 13.5. The van der Waals surface area contributed by atoms with Crippen LogP contribution in [0.4, 0.5) is 5.69 Å². The summed E-state index contributed by atoms with van der Waals surface area (Å²) in [5, 5.41) is 3.34. The van der Waals surface area contributed by atoms with E-state index in [1.165, 1.54) is 0 Å². The molecule has 1 aromatic heterocycles. The van der Waals surface area contributed by atoms with Crippen molar-refractivity contribution >= 4 is 5.69 Å². The Morgan fingerprint density at radius 3 is 2.95 bits per heavy atom. The van der Waals surface area contributed by atoms with Crippen molar-refractivity contribution in [1.82, 2.24) is 4.98 Å². The van der Waals surface area contributed by atoms with Crippen molar-refractivity contribution in [1.29, 1.82) is 0 Å². The number of rotatable bonds is 5. The van der Waals surface area contributed by atoms with Gasteiger partial charge in [0.1, 0.15) is 0 Å². The second kappa shape index (κ2) is 5.91. The molecule has 1 N–H and O–H groups in total. The molecular formula is C16H18N2O3. The highest BCUT2D eigenvalue weighted by Crippen LogP contribution is 2.33. The molecule has 2 aromatic rings. The van der Waals surface area contributed by atoms with Gasteiger partial charge in [0.05, 0.1) is 11.8 Å². The van der Waals surface area contributed by atoms with E-state index in [-0.39, 0.29) is 6.10 Å². The van der Waals surface area contributed by atoms with Gasteiger partial charge in [0, 0.05) is 12.7 Å². The second-order valence-corrected chi connectivity index (χ2v) is 5.06. The van der Waals surface area contributed by atoms with Crippen LogP contribution >= 0.6 is 0 Å². The third-order valence-electron chi connectivity index (χ3n) is 3.04. The molecule has 1 aliphatic heterocycles. The average molecular weight is 286 g/mol. The molecule has 0 spiro atoms. The van der Waals surface area contributed by atoms with E-state index in [0.29, 0.717) is 19.2 Å². The van der Waals surface area contributed by atoms with Crippen molar-refractivity contribution in [3.8, 4) is 17.4 Å². The smallest absolute Gasteiger partial charge is 0.237 e. The van der Waals surface area contributed by atoms with Crippen LogP contribution in [0.15, 0.2) is 36.5 Å². The Kier molecular flexibility index (Phi) is 3.81. The van der Waals surface area contributed by atoms with E-state index in [2.05, 4.69) is 10.3 Å². The Bertz CT molecular complexity index is 629. The number of aromatic nitrogens is 1. The summed E-state index contributed by atoms with van der Waals surface area (Å²) in [6, 6.07) is 9.76. The third-order valence-corrected chi connectivity index (χ3v) is 3.04. The zero-order valence-electron chi connectivity index (χ0n) is 12.1. The number of anilines is 1. The molecule has 0 aliphatic carbocycles. The highest BCUT2D eigenvalue weighted by Gasteiger charge is 2.13. The van der Waals surface area contributed by atoms with Crippen LogP contribution in [-0.4, -0.2) is 17.9 Å². The summed E-state index contributed by atoms with van der Waals surface area (Å²) < 4.78 is 16.4. The summed E-state index contributed by atoms with van der Waals surface area (Å²) in [6.07, 6.45) is 1.81. The lowest BCUT2D eigenvalue weighted by Crippen LogP contribution is -2.10. The maximum absolute atomic E-state index is 5.69.